The highest BCUT2D eigenvalue weighted by molar-refractivity contribution is 7.86. The third kappa shape index (κ3) is 1.85. The standard InChI is InChI=1S/C7H15N3O2S/c8-13(11,12)10-5-4-9-3-1-2-7(9)6-10/h7H,1-6H2,(H2,8,11,12)/t7-/m0/s1. The Morgan fingerprint density at radius 2 is 2.00 bits per heavy atom. The summed E-state index contributed by atoms with van der Waals surface area (Å²) in [5.41, 5.74) is 0. The molecule has 0 aromatic heterocycles. The minimum atomic E-state index is -3.46. The van der Waals surface area contributed by atoms with Crippen LogP contribution in [0.2, 0.25) is 0 Å². The van der Waals surface area contributed by atoms with E-state index in [1.165, 1.54) is 10.7 Å². The Bertz CT molecular complexity index is 290. The van der Waals surface area contributed by atoms with Crippen molar-refractivity contribution in [1.29, 1.82) is 0 Å². The average molecular weight is 205 g/mol. The summed E-state index contributed by atoms with van der Waals surface area (Å²) in [6.07, 6.45) is 2.29. The zero-order valence-corrected chi connectivity index (χ0v) is 8.33. The maximum atomic E-state index is 11.1. The summed E-state index contributed by atoms with van der Waals surface area (Å²) in [6, 6.07) is 0.409. The normalized spacial score (nSPS) is 31.9. The van der Waals surface area contributed by atoms with Gasteiger partial charge in [-0.05, 0) is 19.4 Å². The average Bonchev–Trinajstić information content (AvgIpc) is 2.47. The number of nitrogens with two attached hydrogens (primary N) is 1. The molecular formula is C7H15N3O2S. The van der Waals surface area contributed by atoms with Crippen molar-refractivity contribution in [2.24, 2.45) is 5.14 Å². The molecule has 0 radical (unpaired) electrons. The van der Waals surface area contributed by atoms with Crippen molar-refractivity contribution in [1.82, 2.24) is 9.21 Å². The van der Waals surface area contributed by atoms with Crippen molar-refractivity contribution >= 4 is 10.2 Å². The van der Waals surface area contributed by atoms with Gasteiger partial charge in [-0.2, -0.15) is 12.7 Å². The summed E-state index contributed by atoms with van der Waals surface area (Å²) in [7, 11) is -3.46. The Kier molecular flexibility index (Phi) is 2.31. The quantitative estimate of drug-likeness (QED) is 0.595. The molecule has 2 rings (SSSR count). The van der Waals surface area contributed by atoms with Crippen LogP contribution in [0.5, 0.6) is 0 Å². The topological polar surface area (TPSA) is 66.6 Å². The largest absolute Gasteiger partial charge is 0.298 e. The Balaban J connectivity index is 2.05. The van der Waals surface area contributed by atoms with E-state index in [0.29, 0.717) is 19.1 Å². The summed E-state index contributed by atoms with van der Waals surface area (Å²) in [5.74, 6) is 0. The summed E-state index contributed by atoms with van der Waals surface area (Å²) in [5, 5.41) is 5.07. The van der Waals surface area contributed by atoms with Crippen LogP contribution in [0, 0.1) is 0 Å². The molecule has 2 N–H and O–H groups in total. The van der Waals surface area contributed by atoms with Crippen molar-refractivity contribution in [2.75, 3.05) is 26.2 Å². The fourth-order valence-electron chi connectivity index (χ4n) is 2.19. The van der Waals surface area contributed by atoms with Crippen LogP contribution in [-0.2, 0) is 10.2 Å². The molecule has 0 saturated carbocycles. The minimum absolute atomic E-state index is 0.409. The Morgan fingerprint density at radius 1 is 1.23 bits per heavy atom. The summed E-state index contributed by atoms with van der Waals surface area (Å²) in [4.78, 5) is 2.35. The van der Waals surface area contributed by atoms with E-state index in [-0.39, 0.29) is 0 Å². The van der Waals surface area contributed by atoms with Crippen molar-refractivity contribution < 1.29 is 8.42 Å². The Morgan fingerprint density at radius 3 is 2.69 bits per heavy atom. The Labute approximate surface area is 78.7 Å². The van der Waals surface area contributed by atoms with E-state index in [0.717, 1.165) is 19.5 Å². The fourth-order valence-corrected chi connectivity index (χ4v) is 2.91. The predicted octanol–water partition coefficient (Wildman–Crippen LogP) is -1.03. The zero-order valence-electron chi connectivity index (χ0n) is 7.52. The van der Waals surface area contributed by atoms with Gasteiger partial charge in [0.25, 0.3) is 10.2 Å². The maximum absolute atomic E-state index is 11.1. The number of piperazine rings is 1. The van der Waals surface area contributed by atoms with Gasteiger partial charge in [-0.1, -0.05) is 0 Å². The molecule has 0 unspecified atom stereocenters. The number of fused-ring (bicyclic) bond motifs is 1. The first-order valence-electron chi connectivity index (χ1n) is 4.59. The smallest absolute Gasteiger partial charge is 0.276 e. The molecule has 0 spiro atoms. The summed E-state index contributed by atoms with van der Waals surface area (Å²) >= 11 is 0. The van der Waals surface area contributed by atoms with Gasteiger partial charge >= 0.3 is 0 Å². The molecule has 0 amide bonds. The van der Waals surface area contributed by atoms with Crippen LogP contribution in [0.15, 0.2) is 0 Å². The number of nitrogens with zero attached hydrogens (tertiary/aromatic N) is 2. The molecule has 0 aromatic rings. The van der Waals surface area contributed by atoms with E-state index in [2.05, 4.69) is 4.90 Å². The van der Waals surface area contributed by atoms with E-state index in [4.69, 9.17) is 5.14 Å². The number of hydrogen-bond donors (Lipinski definition) is 1. The highest BCUT2D eigenvalue weighted by Gasteiger charge is 2.33. The van der Waals surface area contributed by atoms with Gasteiger partial charge in [0.2, 0.25) is 0 Å². The van der Waals surface area contributed by atoms with Crippen LogP contribution in [0.1, 0.15) is 12.8 Å². The van der Waals surface area contributed by atoms with Crippen LogP contribution in [0.3, 0.4) is 0 Å². The van der Waals surface area contributed by atoms with Gasteiger partial charge in [0.15, 0.2) is 0 Å². The summed E-state index contributed by atoms with van der Waals surface area (Å²) in [6.45, 7) is 3.08. The molecule has 5 nitrogen and oxygen atoms in total. The van der Waals surface area contributed by atoms with Crippen molar-refractivity contribution in [3.05, 3.63) is 0 Å². The van der Waals surface area contributed by atoms with Gasteiger partial charge in [-0.25, -0.2) is 5.14 Å². The lowest BCUT2D eigenvalue weighted by molar-refractivity contribution is 0.158. The third-order valence-electron chi connectivity index (χ3n) is 2.91. The molecule has 1 atom stereocenters. The molecule has 76 valence electrons. The lowest BCUT2D eigenvalue weighted by atomic mass is 10.2. The predicted molar refractivity (Wildman–Crippen MR) is 49.3 cm³/mol. The monoisotopic (exact) mass is 205 g/mol. The van der Waals surface area contributed by atoms with Crippen molar-refractivity contribution in [3.8, 4) is 0 Å². The van der Waals surface area contributed by atoms with Gasteiger partial charge in [0.1, 0.15) is 0 Å². The van der Waals surface area contributed by atoms with Crippen LogP contribution < -0.4 is 5.14 Å². The number of rotatable bonds is 1. The van der Waals surface area contributed by atoms with Crippen LogP contribution in [0.25, 0.3) is 0 Å². The molecule has 2 heterocycles. The zero-order chi connectivity index (χ0) is 9.47. The maximum Gasteiger partial charge on any atom is 0.276 e. The SMILES string of the molecule is NS(=O)(=O)N1CCN2CCC[C@H]2C1. The second-order valence-corrected chi connectivity index (χ2v) is 5.28. The lowest BCUT2D eigenvalue weighted by Crippen LogP contribution is -2.53. The minimum Gasteiger partial charge on any atom is -0.298 e. The molecule has 2 aliphatic heterocycles. The molecule has 0 aliphatic carbocycles. The van der Waals surface area contributed by atoms with Crippen LogP contribution in [0.4, 0.5) is 0 Å². The van der Waals surface area contributed by atoms with Crippen LogP contribution >= 0.6 is 0 Å². The van der Waals surface area contributed by atoms with Crippen molar-refractivity contribution in [3.63, 3.8) is 0 Å². The van der Waals surface area contributed by atoms with Crippen molar-refractivity contribution in [2.45, 2.75) is 18.9 Å². The first kappa shape index (κ1) is 9.39. The lowest BCUT2D eigenvalue weighted by Gasteiger charge is -2.35. The first-order chi connectivity index (χ1) is 6.07. The van der Waals surface area contributed by atoms with Gasteiger partial charge in [-0.3, -0.25) is 4.90 Å². The highest BCUT2D eigenvalue weighted by atomic mass is 32.2. The van der Waals surface area contributed by atoms with Gasteiger partial charge < -0.3 is 0 Å². The van der Waals surface area contributed by atoms with Crippen LogP contribution in [-0.4, -0.2) is 49.8 Å². The van der Waals surface area contributed by atoms with E-state index >= 15 is 0 Å². The van der Waals surface area contributed by atoms with Gasteiger partial charge in [0.05, 0.1) is 0 Å². The molecule has 13 heavy (non-hydrogen) atoms. The molecule has 2 saturated heterocycles. The third-order valence-corrected chi connectivity index (χ3v) is 3.96. The molecule has 2 aliphatic rings. The second kappa shape index (κ2) is 3.20. The molecule has 2 fully saturated rings. The first-order valence-corrected chi connectivity index (χ1v) is 6.09. The summed E-state index contributed by atoms with van der Waals surface area (Å²) < 4.78 is 23.5. The van der Waals surface area contributed by atoms with E-state index in [9.17, 15) is 8.42 Å². The molecule has 0 bridgehead atoms. The molecular weight excluding hydrogens is 190 g/mol. The fraction of sp³-hybridized carbons (Fsp3) is 1.00. The Hall–Kier alpha value is -0.170. The molecule has 0 aromatic carbocycles. The molecule has 6 heteroatoms. The highest BCUT2D eigenvalue weighted by Crippen LogP contribution is 2.21. The van der Waals surface area contributed by atoms with E-state index in [1.54, 1.807) is 0 Å². The number of hydrogen-bond acceptors (Lipinski definition) is 3. The van der Waals surface area contributed by atoms with Gasteiger partial charge in [0, 0.05) is 25.7 Å². The van der Waals surface area contributed by atoms with E-state index < -0.39 is 10.2 Å². The van der Waals surface area contributed by atoms with Gasteiger partial charge in [-0.15, -0.1) is 0 Å². The van der Waals surface area contributed by atoms with E-state index in [1.807, 2.05) is 0 Å². The second-order valence-electron chi connectivity index (χ2n) is 3.73.